The Bertz CT molecular complexity index is 587. The third kappa shape index (κ3) is 3.67. The molecule has 22 heavy (non-hydrogen) atoms. The van der Waals surface area contributed by atoms with Gasteiger partial charge < -0.3 is 10.2 Å². The van der Waals surface area contributed by atoms with Gasteiger partial charge in [-0.2, -0.15) is 0 Å². The Kier molecular flexibility index (Phi) is 4.46. The van der Waals surface area contributed by atoms with Gasteiger partial charge in [0.05, 0.1) is 11.4 Å². The molecule has 0 atom stereocenters. The summed E-state index contributed by atoms with van der Waals surface area (Å²) < 4.78 is 13.6. The predicted molar refractivity (Wildman–Crippen MR) is 87.6 cm³/mol. The molecule has 0 radical (unpaired) electrons. The van der Waals surface area contributed by atoms with Crippen molar-refractivity contribution in [1.29, 1.82) is 0 Å². The molecule has 1 heterocycles. The normalized spacial score (nSPS) is 19.2. The van der Waals surface area contributed by atoms with E-state index in [-0.39, 0.29) is 11.7 Å². The quantitative estimate of drug-likeness (QED) is 0.849. The summed E-state index contributed by atoms with van der Waals surface area (Å²) in [6, 6.07) is 4.65. The summed E-state index contributed by atoms with van der Waals surface area (Å²) in [4.78, 5) is 14.4. The Morgan fingerprint density at radius 2 is 2.00 bits per heavy atom. The summed E-state index contributed by atoms with van der Waals surface area (Å²) in [5.74, 6) is 0.0898. The lowest BCUT2D eigenvalue weighted by molar-refractivity contribution is -0.112. The average molecular weight is 302 g/mol. The Morgan fingerprint density at radius 1 is 1.27 bits per heavy atom. The maximum absolute atomic E-state index is 13.6. The topological polar surface area (TPSA) is 32.3 Å². The number of nitrogens with one attached hydrogen (secondary N) is 1. The lowest BCUT2D eigenvalue weighted by Crippen LogP contribution is -2.30. The summed E-state index contributed by atoms with van der Waals surface area (Å²) >= 11 is 0. The molecule has 3 nitrogen and oxygen atoms in total. The lowest BCUT2D eigenvalue weighted by atomic mass is 10.1. The molecular formula is C18H23FN2O. The number of benzene rings is 1. The molecule has 4 heteroatoms. The van der Waals surface area contributed by atoms with Crippen LogP contribution in [0.1, 0.15) is 39.0 Å². The summed E-state index contributed by atoms with van der Waals surface area (Å²) in [5.41, 5.74) is 2.62. The molecule has 1 amide bonds. The molecule has 0 spiro atoms. The molecule has 2 fully saturated rings. The third-order valence-corrected chi connectivity index (χ3v) is 4.49. The van der Waals surface area contributed by atoms with Crippen LogP contribution in [0.3, 0.4) is 0 Å². The highest BCUT2D eigenvalue weighted by Crippen LogP contribution is 2.36. The van der Waals surface area contributed by atoms with Gasteiger partial charge in [0, 0.05) is 19.2 Å². The highest BCUT2D eigenvalue weighted by molar-refractivity contribution is 6.02. The van der Waals surface area contributed by atoms with Crippen LogP contribution in [-0.4, -0.2) is 19.0 Å². The van der Waals surface area contributed by atoms with Crippen molar-refractivity contribution in [1.82, 2.24) is 0 Å². The third-order valence-electron chi connectivity index (χ3n) is 4.49. The van der Waals surface area contributed by atoms with Crippen molar-refractivity contribution in [3.63, 3.8) is 0 Å². The molecule has 2 aliphatic rings. The molecule has 0 unspecified atom stereocenters. The van der Waals surface area contributed by atoms with E-state index in [1.54, 1.807) is 12.1 Å². The van der Waals surface area contributed by atoms with Crippen LogP contribution in [0, 0.1) is 11.7 Å². The molecule has 1 aromatic rings. The van der Waals surface area contributed by atoms with Gasteiger partial charge in [0.1, 0.15) is 5.82 Å². The van der Waals surface area contributed by atoms with Gasteiger partial charge >= 0.3 is 0 Å². The van der Waals surface area contributed by atoms with Gasteiger partial charge in [-0.1, -0.05) is 5.57 Å². The van der Waals surface area contributed by atoms with Gasteiger partial charge in [-0.05, 0) is 63.1 Å². The molecular weight excluding hydrogens is 279 g/mol. The summed E-state index contributed by atoms with van der Waals surface area (Å²) in [5, 5.41) is 2.87. The summed E-state index contributed by atoms with van der Waals surface area (Å²) in [6.45, 7) is 3.92. The fourth-order valence-electron chi connectivity index (χ4n) is 3.05. The second kappa shape index (κ2) is 6.51. The molecule has 0 bridgehead atoms. The van der Waals surface area contributed by atoms with Gasteiger partial charge in [-0.3, -0.25) is 4.79 Å². The van der Waals surface area contributed by atoms with Crippen LogP contribution in [0.2, 0.25) is 0 Å². The van der Waals surface area contributed by atoms with Crippen molar-refractivity contribution in [2.75, 3.05) is 23.3 Å². The van der Waals surface area contributed by atoms with Crippen molar-refractivity contribution < 1.29 is 9.18 Å². The van der Waals surface area contributed by atoms with Crippen LogP contribution in [0.4, 0.5) is 15.8 Å². The maximum Gasteiger partial charge on any atom is 0.248 e. The van der Waals surface area contributed by atoms with Crippen molar-refractivity contribution in [3.8, 4) is 0 Å². The molecule has 1 N–H and O–H groups in total. The summed E-state index contributed by atoms with van der Waals surface area (Å²) in [6.07, 6.45) is 7.53. The monoisotopic (exact) mass is 302 g/mol. The number of carbonyl (C=O) groups is 1. The number of piperidine rings is 1. The number of hydrogen-bond donors (Lipinski definition) is 1. The first-order valence-corrected chi connectivity index (χ1v) is 8.17. The van der Waals surface area contributed by atoms with Crippen LogP contribution >= 0.6 is 0 Å². The Morgan fingerprint density at radius 3 is 2.68 bits per heavy atom. The fourth-order valence-corrected chi connectivity index (χ4v) is 3.05. The zero-order valence-corrected chi connectivity index (χ0v) is 13.1. The van der Waals surface area contributed by atoms with E-state index >= 15 is 0 Å². The Balaban J connectivity index is 1.77. The summed E-state index contributed by atoms with van der Waals surface area (Å²) in [7, 11) is 0. The van der Waals surface area contributed by atoms with E-state index in [4.69, 9.17) is 0 Å². The van der Waals surface area contributed by atoms with Gasteiger partial charge in [0.25, 0.3) is 0 Å². The minimum absolute atomic E-state index is 0.159. The van der Waals surface area contributed by atoms with E-state index < -0.39 is 0 Å². The minimum Gasteiger partial charge on any atom is -0.370 e. The van der Waals surface area contributed by atoms with E-state index in [9.17, 15) is 9.18 Å². The maximum atomic E-state index is 13.6. The Labute approximate surface area is 131 Å². The van der Waals surface area contributed by atoms with Gasteiger partial charge in [0.15, 0.2) is 0 Å². The van der Waals surface area contributed by atoms with E-state index in [0.717, 1.165) is 37.2 Å². The van der Waals surface area contributed by atoms with Crippen LogP contribution in [0.5, 0.6) is 0 Å². The molecule has 118 valence electrons. The minimum atomic E-state index is -0.320. The van der Waals surface area contributed by atoms with Crippen molar-refractivity contribution in [2.45, 2.75) is 39.0 Å². The van der Waals surface area contributed by atoms with E-state index in [1.165, 1.54) is 31.4 Å². The van der Waals surface area contributed by atoms with Crippen molar-refractivity contribution in [3.05, 3.63) is 35.7 Å². The first-order valence-electron chi connectivity index (χ1n) is 8.17. The number of nitrogens with zero attached hydrogens (tertiary/aromatic N) is 1. The number of anilines is 2. The van der Waals surface area contributed by atoms with E-state index in [1.807, 2.05) is 6.92 Å². The molecule has 1 saturated heterocycles. The molecule has 0 aromatic heterocycles. The van der Waals surface area contributed by atoms with E-state index in [0.29, 0.717) is 11.6 Å². The second-order valence-corrected chi connectivity index (χ2v) is 6.36. The van der Waals surface area contributed by atoms with Crippen molar-refractivity contribution in [2.24, 2.45) is 5.92 Å². The van der Waals surface area contributed by atoms with E-state index in [2.05, 4.69) is 10.2 Å². The van der Waals surface area contributed by atoms with Crippen LogP contribution in [-0.2, 0) is 4.79 Å². The van der Waals surface area contributed by atoms with Gasteiger partial charge in [-0.25, -0.2) is 4.39 Å². The van der Waals surface area contributed by atoms with Crippen molar-refractivity contribution >= 4 is 17.3 Å². The molecule has 3 rings (SSSR count). The molecule has 1 aliphatic carbocycles. The highest BCUT2D eigenvalue weighted by atomic mass is 19.1. The lowest BCUT2D eigenvalue weighted by Gasteiger charge is -2.30. The molecule has 1 saturated carbocycles. The SMILES string of the molecule is C/C(=C/C(=O)Nc1cc(F)ccc1N1CCCCC1)C1CC1. The number of carbonyl (C=O) groups excluding carboxylic acids is 1. The Hall–Kier alpha value is -1.84. The number of amides is 1. The number of halogens is 1. The average Bonchev–Trinajstić information content (AvgIpc) is 3.33. The second-order valence-electron chi connectivity index (χ2n) is 6.36. The first kappa shape index (κ1) is 15.1. The first-order chi connectivity index (χ1) is 10.6. The van der Waals surface area contributed by atoms with Crippen LogP contribution < -0.4 is 10.2 Å². The standard InChI is InChI=1S/C18H23FN2O/c1-13(14-5-6-14)11-18(22)20-16-12-15(19)7-8-17(16)21-9-3-2-4-10-21/h7-8,11-12,14H,2-6,9-10H2,1H3,(H,20,22)/b13-11-. The highest BCUT2D eigenvalue weighted by Gasteiger charge is 2.23. The molecule has 1 aromatic carbocycles. The zero-order chi connectivity index (χ0) is 15.5. The van der Waals surface area contributed by atoms with Crippen LogP contribution in [0.25, 0.3) is 0 Å². The molecule has 1 aliphatic heterocycles. The zero-order valence-electron chi connectivity index (χ0n) is 13.1. The van der Waals surface area contributed by atoms with Gasteiger partial charge in [-0.15, -0.1) is 0 Å². The number of allylic oxidation sites excluding steroid dienone is 1. The number of rotatable bonds is 4. The van der Waals surface area contributed by atoms with Crippen LogP contribution in [0.15, 0.2) is 29.8 Å². The number of hydrogen-bond acceptors (Lipinski definition) is 2. The smallest absolute Gasteiger partial charge is 0.248 e. The fraction of sp³-hybridized carbons (Fsp3) is 0.500. The largest absolute Gasteiger partial charge is 0.370 e. The van der Waals surface area contributed by atoms with Gasteiger partial charge in [0.2, 0.25) is 5.91 Å². The predicted octanol–water partition coefficient (Wildman–Crippen LogP) is 4.11.